The van der Waals surface area contributed by atoms with Gasteiger partial charge in [-0.1, -0.05) is 13.8 Å². The Bertz CT molecular complexity index is 297. The topological polar surface area (TPSA) is 40.6 Å². The molecule has 0 aromatic carbocycles. The molecule has 2 heterocycles. The minimum atomic E-state index is 0.193. The van der Waals surface area contributed by atoms with E-state index in [1.807, 2.05) is 4.90 Å². The number of carbonyl (C=O) groups is 2. The van der Waals surface area contributed by atoms with E-state index in [2.05, 4.69) is 18.7 Å². The van der Waals surface area contributed by atoms with Crippen LogP contribution in [0, 0.1) is 11.8 Å². The summed E-state index contributed by atoms with van der Waals surface area (Å²) in [6.45, 7) is 8.32. The Morgan fingerprint density at radius 3 is 2.24 bits per heavy atom. The minimum Gasteiger partial charge on any atom is -0.341 e. The van der Waals surface area contributed by atoms with Crippen LogP contribution in [0.25, 0.3) is 0 Å². The number of likely N-dealkylation sites (tertiary alicyclic amines) is 2. The molecule has 2 rings (SSSR count). The van der Waals surface area contributed by atoms with E-state index < -0.39 is 0 Å². The highest BCUT2D eigenvalue weighted by atomic mass is 16.2. The minimum absolute atomic E-state index is 0.193. The molecule has 0 N–H and O–H groups in total. The van der Waals surface area contributed by atoms with Crippen LogP contribution in [0.15, 0.2) is 0 Å². The molecule has 0 aliphatic carbocycles. The molecule has 1 amide bonds. The van der Waals surface area contributed by atoms with Crippen LogP contribution in [-0.2, 0) is 9.59 Å². The van der Waals surface area contributed by atoms with Gasteiger partial charge in [0, 0.05) is 39.0 Å². The average Bonchev–Trinajstić information content (AvgIpc) is 2.58. The third-order valence-electron chi connectivity index (χ3n) is 4.10. The molecule has 4 heteroatoms. The van der Waals surface area contributed by atoms with Gasteiger partial charge in [0.2, 0.25) is 5.91 Å². The Hall–Kier alpha value is -0.900. The molecule has 0 bridgehead atoms. The highest BCUT2D eigenvalue weighted by Gasteiger charge is 2.29. The van der Waals surface area contributed by atoms with Gasteiger partial charge in [0.1, 0.15) is 5.78 Å². The van der Waals surface area contributed by atoms with Crippen molar-refractivity contribution in [2.45, 2.75) is 26.7 Å². The Morgan fingerprint density at radius 2 is 1.71 bits per heavy atom. The molecule has 2 aliphatic heterocycles. The van der Waals surface area contributed by atoms with Gasteiger partial charge < -0.3 is 4.90 Å². The lowest BCUT2D eigenvalue weighted by molar-refractivity contribution is -0.135. The van der Waals surface area contributed by atoms with Crippen molar-refractivity contribution in [3.05, 3.63) is 0 Å². The van der Waals surface area contributed by atoms with Gasteiger partial charge in [-0.25, -0.2) is 0 Å². The van der Waals surface area contributed by atoms with Crippen LogP contribution in [-0.4, -0.2) is 54.2 Å². The summed E-state index contributed by atoms with van der Waals surface area (Å²) >= 11 is 0. The smallest absolute Gasteiger partial charge is 0.236 e. The van der Waals surface area contributed by atoms with Gasteiger partial charge in [-0.3, -0.25) is 14.5 Å². The van der Waals surface area contributed by atoms with Gasteiger partial charge in [-0.15, -0.1) is 0 Å². The molecule has 0 radical (unpaired) electrons. The van der Waals surface area contributed by atoms with Crippen molar-refractivity contribution in [1.82, 2.24) is 9.80 Å². The first-order valence-corrected chi connectivity index (χ1v) is 6.58. The molecule has 0 aromatic heterocycles. The van der Waals surface area contributed by atoms with Gasteiger partial charge in [-0.2, -0.15) is 0 Å². The van der Waals surface area contributed by atoms with Crippen LogP contribution >= 0.6 is 0 Å². The number of piperidine rings is 1. The third-order valence-corrected chi connectivity index (χ3v) is 4.10. The second kappa shape index (κ2) is 5.17. The molecular formula is C13H22N2O2. The van der Waals surface area contributed by atoms with E-state index in [0.29, 0.717) is 44.3 Å². The lowest BCUT2D eigenvalue weighted by Gasteiger charge is -2.28. The summed E-state index contributed by atoms with van der Waals surface area (Å²) in [4.78, 5) is 27.2. The van der Waals surface area contributed by atoms with E-state index in [1.54, 1.807) is 0 Å². The normalized spacial score (nSPS) is 30.9. The fraction of sp³-hybridized carbons (Fsp3) is 0.846. The van der Waals surface area contributed by atoms with Crippen LogP contribution in [0.1, 0.15) is 26.7 Å². The van der Waals surface area contributed by atoms with Gasteiger partial charge >= 0.3 is 0 Å². The Balaban J connectivity index is 1.79. The van der Waals surface area contributed by atoms with Crippen molar-refractivity contribution >= 4 is 11.7 Å². The number of carbonyl (C=O) groups excluding carboxylic acids is 2. The molecule has 2 atom stereocenters. The summed E-state index contributed by atoms with van der Waals surface area (Å²) in [7, 11) is 0. The lowest BCUT2D eigenvalue weighted by atomic mass is 10.0. The van der Waals surface area contributed by atoms with E-state index in [0.717, 1.165) is 13.1 Å². The maximum absolute atomic E-state index is 12.0. The fourth-order valence-corrected chi connectivity index (χ4v) is 2.67. The molecule has 17 heavy (non-hydrogen) atoms. The standard InChI is InChI=1S/C13H22N2O2/c1-10-7-14(8-11(10)2)9-13(17)15-5-3-12(16)4-6-15/h10-11H,3-9H2,1-2H3. The molecule has 2 saturated heterocycles. The van der Waals surface area contributed by atoms with E-state index in [1.165, 1.54) is 0 Å². The highest BCUT2D eigenvalue weighted by molar-refractivity contribution is 5.84. The van der Waals surface area contributed by atoms with Crippen LogP contribution in [0.5, 0.6) is 0 Å². The summed E-state index contributed by atoms with van der Waals surface area (Å²) in [5, 5.41) is 0. The van der Waals surface area contributed by atoms with Crippen molar-refractivity contribution in [1.29, 1.82) is 0 Å². The predicted molar refractivity (Wildman–Crippen MR) is 65.6 cm³/mol. The molecule has 2 unspecified atom stereocenters. The fourth-order valence-electron chi connectivity index (χ4n) is 2.67. The average molecular weight is 238 g/mol. The van der Waals surface area contributed by atoms with Gasteiger partial charge in [0.15, 0.2) is 0 Å². The number of amides is 1. The van der Waals surface area contributed by atoms with Crippen molar-refractivity contribution in [2.24, 2.45) is 11.8 Å². The zero-order valence-corrected chi connectivity index (χ0v) is 10.8. The first-order valence-electron chi connectivity index (χ1n) is 6.58. The summed E-state index contributed by atoms with van der Waals surface area (Å²) in [5.74, 6) is 1.85. The van der Waals surface area contributed by atoms with E-state index >= 15 is 0 Å². The number of rotatable bonds is 2. The van der Waals surface area contributed by atoms with Gasteiger partial charge in [0.25, 0.3) is 0 Å². The van der Waals surface area contributed by atoms with Crippen molar-refractivity contribution in [3.63, 3.8) is 0 Å². The maximum Gasteiger partial charge on any atom is 0.236 e. The second-order valence-electron chi connectivity index (χ2n) is 5.57. The number of Topliss-reactive ketones (excluding diaryl/α,β-unsaturated/α-hetero) is 1. The lowest BCUT2D eigenvalue weighted by Crippen LogP contribution is -2.43. The Labute approximate surface area is 103 Å². The molecule has 2 fully saturated rings. The SMILES string of the molecule is CC1CN(CC(=O)N2CCC(=O)CC2)CC1C. The molecule has 0 aromatic rings. The Morgan fingerprint density at radius 1 is 1.18 bits per heavy atom. The molecule has 4 nitrogen and oxygen atoms in total. The maximum atomic E-state index is 12.0. The largest absolute Gasteiger partial charge is 0.341 e. The quantitative estimate of drug-likeness (QED) is 0.713. The Kier molecular flexibility index (Phi) is 3.82. The predicted octanol–water partition coefficient (Wildman–Crippen LogP) is 0.766. The van der Waals surface area contributed by atoms with Crippen molar-refractivity contribution in [3.8, 4) is 0 Å². The summed E-state index contributed by atoms with van der Waals surface area (Å²) in [5.41, 5.74) is 0. The van der Waals surface area contributed by atoms with Gasteiger partial charge in [-0.05, 0) is 11.8 Å². The zero-order chi connectivity index (χ0) is 12.4. The van der Waals surface area contributed by atoms with E-state index in [-0.39, 0.29) is 11.7 Å². The number of hydrogen-bond acceptors (Lipinski definition) is 3. The second-order valence-corrected chi connectivity index (χ2v) is 5.57. The highest BCUT2D eigenvalue weighted by Crippen LogP contribution is 2.21. The van der Waals surface area contributed by atoms with E-state index in [4.69, 9.17) is 0 Å². The summed E-state index contributed by atoms with van der Waals surface area (Å²) < 4.78 is 0. The zero-order valence-electron chi connectivity index (χ0n) is 10.8. The summed E-state index contributed by atoms with van der Waals surface area (Å²) in [6.07, 6.45) is 1.08. The molecule has 0 spiro atoms. The molecule has 0 saturated carbocycles. The molecule has 2 aliphatic rings. The monoisotopic (exact) mass is 238 g/mol. The third kappa shape index (κ3) is 3.06. The van der Waals surface area contributed by atoms with Crippen LogP contribution in [0.2, 0.25) is 0 Å². The number of ketones is 1. The van der Waals surface area contributed by atoms with Crippen molar-refractivity contribution in [2.75, 3.05) is 32.7 Å². The molecule has 96 valence electrons. The van der Waals surface area contributed by atoms with Gasteiger partial charge in [0.05, 0.1) is 6.54 Å². The van der Waals surface area contributed by atoms with Crippen molar-refractivity contribution < 1.29 is 9.59 Å². The van der Waals surface area contributed by atoms with Crippen LogP contribution in [0.4, 0.5) is 0 Å². The summed E-state index contributed by atoms with van der Waals surface area (Å²) in [6, 6.07) is 0. The molecular weight excluding hydrogens is 216 g/mol. The van der Waals surface area contributed by atoms with Crippen LogP contribution < -0.4 is 0 Å². The first kappa shape index (κ1) is 12.6. The van der Waals surface area contributed by atoms with Crippen LogP contribution in [0.3, 0.4) is 0 Å². The first-order chi connectivity index (χ1) is 8.06. The van der Waals surface area contributed by atoms with E-state index in [9.17, 15) is 9.59 Å². The number of hydrogen-bond donors (Lipinski definition) is 0. The number of nitrogens with zero attached hydrogens (tertiary/aromatic N) is 2.